The molecule has 4 nitrogen and oxygen atoms in total. The van der Waals surface area contributed by atoms with E-state index in [-0.39, 0.29) is 6.04 Å². The first-order valence-corrected chi connectivity index (χ1v) is 7.73. The molecule has 0 aromatic rings. The molecule has 0 fully saturated rings. The fourth-order valence-corrected chi connectivity index (χ4v) is 2.62. The van der Waals surface area contributed by atoms with Crippen molar-refractivity contribution in [3.05, 3.63) is 12.2 Å². The lowest BCUT2D eigenvalue weighted by molar-refractivity contribution is 0.179. The van der Waals surface area contributed by atoms with Gasteiger partial charge in [-0.15, -0.1) is 0 Å². The molecule has 2 N–H and O–H groups in total. The molecular formula is C12H26N2O2S. The Morgan fingerprint density at radius 1 is 1.53 bits per heavy atom. The molecule has 0 radical (unpaired) electrons. The van der Waals surface area contributed by atoms with Crippen LogP contribution in [0.3, 0.4) is 0 Å². The van der Waals surface area contributed by atoms with E-state index in [1.165, 1.54) is 12.7 Å². The smallest absolute Gasteiger partial charge is 0.150 e. The molecule has 0 aliphatic carbocycles. The number of allylic oxidation sites excluding steroid dienone is 1. The number of nitrogens with one attached hydrogen (secondary N) is 2. The van der Waals surface area contributed by atoms with Crippen LogP contribution in [-0.2, 0) is 14.7 Å². The van der Waals surface area contributed by atoms with Gasteiger partial charge in [0, 0.05) is 13.2 Å². The first-order valence-electron chi connectivity index (χ1n) is 6.11. The number of methoxy groups -OCH3 is 1. The molecule has 0 aliphatic rings. The largest absolute Gasteiger partial charge is 0.366 e. The van der Waals surface area contributed by atoms with Crippen LogP contribution in [0.15, 0.2) is 12.2 Å². The monoisotopic (exact) mass is 262 g/mol. The summed E-state index contributed by atoms with van der Waals surface area (Å²) in [6, 6.07) is 0.0842. The highest BCUT2D eigenvalue weighted by Gasteiger charge is 2.19. The molecule has 0 aromatic heterocycles. The number of hydrogen-bond acceptors (Lipinski definition) is 3. The summed E-state index contributed by atoms with van der Waals surface area (Å²) in [4.78, 5) is 0. The Kier molecular flexibility index (Phi) is 7.66. The zero-order valence-corrected chi connectivity index (χ0v) is 12.2. The summed E-state index contributed by atoms with van der Waals surface area (Å²) >= 11 is 0. The predicted octanol–water partition coefficient (Wildman–Crippen LogP) is 3.06. The topological polar surface area (TPSA) is 62.2 Å². The van der Waals surface area contributed by atoms with Gasteiger partial charge in [-0.1, -0.05) is 26.0 Å². The van der Waals surface area contributed by atoms with Crippen LogP contribution in [0.5, 0.6) is 0 Å². The molecule has 0 aromatic carbocycles. The molecule has 0 bridgehead atoms. The van der Waals surface area contributed by atoms with Crippen LogP contribution in [0.4, 0.5) is 0 Å². The zero-order chi connectivity index (χ0) is 13.5. The van der Waals surface area contributed by atoms with E-state index in [1.54, 1.807) is 6.92 Å². The van der Waals surface area contributed by atoms with E-state index in [9.17, 15) is 4.21 Å². The summed E-state index contributed by atoms with van der Waals surface area (Å²) in [5.41, 5.74) is 0.604. The van der Waals surface area contributed by atoms with Crippen molar-refractivity contribution in [2.24, 2.45) is 0 Å². The molecular weight excluding hydrogens is 236 g/mol. The van der Waals surface area contributed by atoms with Gasteiger partial charge in [-0.2, -0.15) is 0 Å². The summed E-state index contributed by atoms with van der Waals surface area (Å²) in [5, 5.41) is 0. The molecule has 5 heteroatoms. The Balaban J connectivity index is 4.35. The summed E-state index contributed by atoms with van der Waals surface area (Å²) in [5.74, 6) is 0. The van der Waals surface area contributed by atoms with Crippen molar-refractivity contribution in [2.75, 3.05) is 7.11 Å². The van der Waals surface area contributed by atoms with Crippen molar-refractivity contribution in [3.8, 4) is 0 Å². The molecule has 0 aliphatic heterocycles. The maximum absolute atomic E-state index is 12.0. The third-order valence-electron chi connectivity index (χ3n) is 2.98. The molecule has 0 spiro atoms. The van der Waals surface area contributed by atoms with E-state index in [1.807, 2.05) is 6.92 Å². The van der Waals surface area contributed by atoms with Crippen molar-refractivity contribution in [3.63, 3.8) is 0 Å². The van der Waals surface area contributed by atoms with Crippen LogP contribution < -0.4 is 4.72 Å². The second kappa shape index (κ2) is 7.84. The molecule has 102 valence electrons. The van der Waals surface area contributed by atoms with Gasteiger partial charge in [0.25, 0.3) is 0 Å². The normalized spacial score (nSPS) is 18.4. The molecule has 0 amide bonds. The lowest BCUT2D eigenvalue weighted by Gasteiger charge is -2.22. The van der Waals surface area contributed by atoms with Crippen molar-refractivity contribution in [1.29, 1.82) is 4.78 Å². The van der Waals surface area contributed by atoms with E-state index >= 15 is 0 Å². The Morgan fingerprint density at radius 2 is 2.12 bits per heavy atom. The summed E-state index contributed by atoms with van der Waals surface area (Å²) < 4.78 is 27.6. The minimum Gasteiger partial charge on any atom is -0.366 e. The molecule has 17 heavy (non-hydrogen) atoms. The summed E-state index contributed by atoms with van der Waals surface area (Å²) in [6.07, 6.45) is 3.61. The fourth-order valence-electron chi connectivity index (χ4n) is 1.38. The summed E-state index contributed by atoms with van der Waals surface area (Å²) in [6.45, 7) is 9.72. The van der Waals surface area contributed by atoms with Crippen molar-refractivity contribution in [2.45, 2.75) is 57.9 Å². The van der Waals surface area contributed by atoms with Gasteiger partial charge in [0.15, 0.2) is 5.44 Å². The Hall–Kier alpha value is -0.390. The van der Waals surface area contributed by atoms with Crippen LogP contribution in [0, 0.1) is 4.78 Å². The van der Waals surface area contributed by atoms with Crippen LogP contribution >= 0.6 is 0 Å². The molecule has 0 saturated carbocycles. The van der Waals surface area contributed by atoms with E-state index in [0.29, 0.717) is 0 Å². The van der Waals surface area contributed by atoms with Crippen LogP contribution in [-0.4, -0.2) is 22.8 Å². The maximum Gasteiger partial charge on any atom is 0.150 e. The Labute approximate surface area is 106 Å². The second-order valence-electron chi connectivity index (χ2n) is 4.27. The number of hydrogen-bond donors (Lipinski definition) is 2. The van der Waals surface area contributed by atoms with Gasteiger partial charge < -0.3 is 4.74 Å². The van der Waals surface area contributed by atoms with Gasteiger partial charge in [0.05, 0.1) is 0 Å². The van der Waals surface area contributed by atoms with Crippen molar-refractivity contribution >= 4 is 9.92 Å². The van der Waals surface area contributed by atoms with Gasteiger partial charge in [-0.05, 0) is 32.6 Å². The SMILES string of the molecule is C=C(CC)CCC(CC)NS(=N)(=O)C(C)OC. The van der Waals surface area contributed by atoms with Crippen LogP contribution in [0.1, 0.15) is 46.5 Å². The standard InChI is InChI=1S/C12H26N2O2S/c1-6-10(3)8-9-12(7-2)14-17(13,15)11(4)16-5/h11-12H,3,6-9H2,1-2,4-5H3,(H2,13,14,15). The quantitative estimate of drug-likeness (QED) is 0.627. The predicted molar refractivity (Wildman–Crippen MR) is 73.2 cm³/mol. The average molecular weight is 262 g/mol. The van der Waals surface area contributed by atoms with E-state index < -0.39 is 15.4 Å². The molecule has 3 atom stereocenters. The molecule has 0 heterocycles. The minimum absolute atomic E-state index is 0.0842. The lowest BCUT2D eigenvalue weighted by Crippen LogP contribution is -2.39. The summed E-state index contributed by atoms with van der Waals surface area (Å²) in [7, 11) is -1.41. The highest BCUT2D eigenvalue weighted by molar-refractivity contribution is 7.90. The van der Waals surface area contributed by atoms with Gasteiger partial charge in [0.2, 0.25) is 0 Å². The fraction of sp³-hybridized carbons (Fsp3) is 0.833. The third kappa shape index (κ3) is 6.19. The molecule has 3 unspecified atom stereocenters. The minimum atomic E-state index is -2.88. The first-order chi connectivity index (χ1) is 7.87. The van der Waals surface area contributed by atoms with Crippen LogP contribution in [0.25, 0.3) is 0 Å². The highest BCUT2D eigenvalue weighted by atomic mass is 32.2. The Bertz CT molecular complexity index is 325. The first kappa shape index (κ1) is 16.6. The number of ether oxygens (including phenoxy) is 1. The van der Waals surface area contributed by atoms with E-state index in [4.69, 9.17) is 9.52 Å². The average Bonchev–Trinajstić information content (AvgIpc) is 2.32. The van der Waals surface area contributed by atoms with Gasteiger partial charge >= 0.3 is 0 Å². The zero-order valence-electron chi connectivity index (χ0n) is 11.4. The third-order valence-corrected chi connectivity index (χ3v) is 4.79. The van der Waals surface area contributed by atoms with Gasteiger partial charge in [-0.3, -0.25) is 0 Å². The second-order valence-corrected chi connectivity index (χ2v) is 6.37. The van der Waals surface area contributed by atoms with Crippen molar-refractivity contribution in [1.82, 2.24) is 4.72 Å². The van der Waals surface area contributed by atoms with E-state index in [0.717, 1.165) is 25.7 Å². The van der Waals surface area contributed by atoms with E-state index in [2.05, 4.69) is 18.2 Å². The number of rotatable bonds is 9. The van der Waals surface area contributed by atoms with Crippen LogP contribution in [0.2, 0.25) is 0 Å². The maximum atomic E-state index is 12.0. The van der Waals surface area contributed by atoms with Crippen molar-refractivity contribution < 1.29 is 8.95 Å². The highest BCUT2D eigenvalue weighted by Crippen LogP contribution is 2.13. The lowest BCUT2D eigenvalue weighted by atomic mass is 10.0. The van der Waals surface area contributed by atoms with Gasteiger partial charge in [0.1, 0.15) is 9.92 Å². The van der Waals surface area contributed by atoms with Gasteiger partial charge in [-0.25, -0.2) is 13.7 Å². The molecule has 0 saturated heterocycles. The molecule has 0 rings (SSSR count). The Morgan fingerprint density at radius 3 is 2.53 bits per heavy atom.